The third-order valence-corrected chi connectivity index (χ3v) is 2.28. The predicted molar refractivity (Wildman–Crippen MR) is 54.8 cm³/mol. The van der Waals surface area contributed by atoms with Crippen molar-refractivity contribution in [3.05, 3.63) is 29.7 Å². The lowest BCUT2D eigenvalue weighted by Gasteiger charge is -2.07. The topological polar surface area (TPSA) is 74.9 Å². The van der Waals surface area contributed by atoms with Crippen LogP contribution in [0.3, 0.4) is 0 Å². The fourth-order valence-electron chi connectivity index (χ4n) is 1.50. The van der Waals surface area contributed by atoms with Crippen molar-refractivity contribution in [2.75, 3.05) is 5.73 Å². The Morgan fingerprint density at radius 3 is 2.80 bits per heavy atom. The summed E-state index contributed by atoms with van der Waals surface area (Å²) in [4.78, 5) is 0. The van der Waals surface area contributed by atoms with Gasteiger partial charge in [-0.1, -0.05) is 6.07 Å². The summed E-state index contributed by atoms with van der Waals surface area (Å²) in [5, 5.41) is 15.9. The fraction of sp³-hybridized carbons (Fsp3) is 0.100. The molecule has 0 fully saturated rings. The van der Waals surface area contributed by atoms with Crippen LogP contribution in [0.15, 0.2) is 18.3 Å². The van der Waals surface area contributed by atoms with Gasteiger partial charge in [0, 0.05) is 11.1 Å². The third kappa shape index (κ3) is 1.41. The van der Waals surface area contributed by atoms with E-state index in [9.17, 15) is 9.50 Å². The first-order valence-electron chi connectivity index (χ1n) is 4.38. The second kappa shape index (κ2) is 3.27. The lowest BCUT2D eigenvalue weighted by Crippen LogP contribution is -1.91. The number of aromatic nitrogens is 2. The smallest absolute Gasteiger partial charge is 0.165 e. The number of aromatic amines is 1. The summed E-state index contributed by atoms with van der Waals surface area (Å²) in [6.45, 7) is 1.76. The largest absolute Gasteiger partial charge is 0.504 e. The highest BCUT2D eigenvalue weighted by atomic mass is 19.1. The first-order chi connectivity index (χ1) is 7.11. The predicted octanol–water partition coefficient (Wildman–Crippen LogP) is 1.81. The van der Waals surface area contributed by atoms with E-state index >= 15 is 0 Å². The maximum absolute atomic E-state index is 13.2. The Balaban J connectivity index is 2.72. The average molecular weight is 207 g/mol. The number of phenols is 1. The Morgan fingerprint density at radius 1 is 1.47 bits per heavy atom. The average Bonchev–Trinajstić information content (AvgIpc) is 2.60. The van der Waals surface area contributed by atoms with Gasteiger partial charge in [-0.15, -0.1) is 0 Å². The standard InChI is InChI=1S/C10H10FN3O/c1-5-2-3-7(11)9(15)8(5)6-4-13-14-10(6)12/h2-4,15H,1H3,(H3,12,13,14). The van der Waals surface area contributed by atoms with Crippen molar-refractivity contribution < 1.29 is 9.50 Å². The molecule has 4 N–H and O–H groups in total. The molecule has 0 unspecified atom stereocenters. The Labute approximate surface area is 85.6 Å². The molecule has 0 aliphatic carbocycles. The minimum Gasteiger partial charge on any atom is -0.504 e. The number of hydrogen-bond donors (Lipinski definition) is 3. The molecule has 2 aromatic rings. The molecule has 4 nitrogen and oxygen atoms in total. The number of hydrogen-bond acceptors (Lipinski definition) is 3. The Hall–Kier alpha value is -2.04. The summed E-state index contributed by atoms with van der Waals surface area (Å²) < 4.78 is 13.2. The highest BCUT2D eigenvalue weighted by Crippen LogP contribution is 2.36. The van der Waals surface area contributed by atoms with Gasteiger partial charge >= 0.3 is 0 Å². The molecule has 78 valence electrons. The van der Waals surface area contributed by atoms with E-state index in [2.05, 4.69) is 10.2 Å². The molecular weight excluding hydrogens is 197 g/mol. The number of nitrogen functional groups attached to an aromatic ring is 1. The van der Waals surface area contributed by atoms with Crippen LogP contribution in [0.25, 0.3) is 11.1 Å². The number of anilines is 1. The van der Waals surface area contributed by atoms with Crippen LogP contribution in [0.4, 0.5) is 10.2 Å². The van der Waals surface area contributed by atoms with Crippen LogP contribution in [0.5, 0.6) is 5.75 Å². The number of aromatic hydroxyl groups is 1. The zero-order valence-electron chi connectivity index (χ0n) is 8.08. The van der Waals surface area contributed by atoms with Gasteiger partial charge in [-0.25, -0.2) is 4.39 Å². The molecule has 1 aromatic carbocycles. The van der Waals surface area contributed by atoms with E-state index in [0.717, 1.165) is 5.56 Å². The van der Waals surface area contributed by atoms with Crippen LogP contribution in [-0.2, 0) is 0 Å². The number of phenolic OH excluding ortho intramolecular Hbond substituents is 1. The number of nitrogens with one attached hydrogen (secondary N) is 1. The van der Waals surface area contributed by atoms with Crippen molar-refractivity contribution in [1.82, 2.24) is 10.2 Å². The Morgan fingerprint density at radius 2 is 2.20 bits per heavy atom. The second-order valence-corrected chi connectivity index (χ2v) is 3.29. The molecule has 0 bridgehead atoms. The molecule has 0 saturated carbocycles. The maximum Gasteiger partial charge on any atom is 0.165 e. The van der Waals surface area contributed by atoms with E-state index in [-0.39, 0.29) is 0 Å². The summed E-state index contributed by atoms with van der Waals surface area (Å²) in [6.07, 6.45) is 1.46. The lowest BCUT2D eigenvalue weighted by atomic mass is 10.0. The monoisotopic (exact) mass is 207 g/mol. The summed E-state index contributed by atoms with van der Waals surface area (Å²) in [5.41, 5.74) is 7.23. The van der Waals surface area contributed by atoms with E-state index < -0.39 is 11.6 Å². The number of H-pyrrole nitrogens is 1. The molecule has 0 saturated heterocycles. The van der Waals surface area contributed by atoms with Crippen LogP contribution < -0.4 is 5.73 Å². The van der Waals surface area contributed by atoms with E-state index in [0.29, 0.717) is 16.9 Å². The first-order valence-corrected chi connectivity index (χ1v) is 4.38. The molecule has 5 heteroatoms. The van der Waals surface area contributed by atoms with Crippen molar-refractivity contribution in [3.8, 4) is 16.9 Å². The molecule has 1 heterocycles. The number of halogens is 1. The van der Waals surface area contributed by atoms with Gasteiger partial charge in [0.05, 0.1) is 6.20 Å². The molecule has 0 spiro atoms. The molecule has 0 radical (unpaired) electrons. The normalized spacial score (nSPS) is 10.5. The molecule has 0 amide bonds. The van der Waals surface area contributed by atoms with Crippen LogP contribution in [0.1, 0.15) is 5.56 Å². The lowest BCUT2D eigenvalue weighted by molar-refractivity contribution is 0.434. The molecule has 0 aliphatic heterocycles. The van der Waals surface area contributed by atoms with Gasteiger partial charge in [-0.05, 0) is 18.6 Å². The molecule has 0 atom stereocenters. The van der Waals surface area contributed by atoms with Crippen LogP contribution in [-0.4, -0.2) is 15.3 Å². The zero-order chi connectivity index (χ0) is 11.0. The van der Waals surface area contributed by atoms with Gasteiger partial charge in [-0.2, -0.15) is 5.10 Å². The highest BCUT2D eigenvalue weighted by molar-refractivity contribution is 5.80. The molecule has 0 aliphatic rings. The Bertz CT molecular complexity index is 507. The SMILES string of the molecule is Cc1ccc(F)c(O)c1-c1cn[nH]c1N. The van der Waals surface area contributed by atoms with Gasteiger partial charge in [0.2, 0.25) is 0 Å². The van der Waals surface area contributed by atoms with E-state index in [1.165, 1.54) is 12.3 Å². The minimum absolute atomic E-state index is 0.305. The van der Waals surface area contributed by atoms with Crippen LogP contribution in [0.2, 0.25) is 0 Å². The van der Waals surface area contributed by atoms with Crippen molar-refractivity contribution in [2.45, 2.75) is 6.92 Å². The van der Waals surface area contributed by atoms with Crippen molar-refractivity contribution in [1.29, 1.82) is 0 Å². The summed E-state index contributed by atoms with van der Waals surface area (Å²) >= 11 is 0. The summed E-state index contributed by atoms with van der Waals surface area (Å²) in [5.74, 6) is -0.765. The van der Waals surface area contributed by atoms with Gasteiger partial charge in [0.1, 0.15) is 5.82 Å². The van der Waals surface area contributed by atoms with E-state index in [4.69, 9.17) is 5.73 Å². The summed E-state index contributed by atoms with van der Waals surface area (Å²) in [6, 6.07) is 2.79. The zero-order valence-corrected chi connectivity index (χ0v) is 8.08. The van der Waals surface area contributed by atoms with Gasteiger partial charge in [-0.3, -0.25) is 5.10 Å². The highest BCUT2D eigenvalue weighted by Gasteiger charge is 2.15. The van der Waals surface area contributed by atoms with Crippen LogP contribution >= 0.6 is 0 Å². The third-order valence-electron chi connectivity index (χ3n) is 2.28. The van der Waals surface area contributed by atoms with E-state index in [1.807, 2.05) is 0 Å². The van der Waals surface area contributed by atoms with Crippen molar-refractivity contribution >= 4 is 5.82 Å². The first kappa shape index (κ1) is 9.51. The Kier molecular flexibility index (Phi) is 2.07. The minimum atomic E-state index is -0.670. The van der Waals surface area contributed by atoms with Crippen LogP contribution in [0, 0.1) is 12.7 Å². The molecule has 15 heavy (non-hydrogen) atoms. The summed E-state index contributed by atoms with van der Waals surface area (Å²) in [7, 11) is 0. The van der Waals surface area contributed by atoms with Crippen molar-refractivity contribution in [2.24, 2.45) is 0 Å². The van der Waals surface area contributed by atoms with E-state index in [1.54, 1.807) is 13.0 Å². The molecular formula is C10H10FN3O. The second-order valence-electron chi connectivity index (χ2n) is 3.29. The maximum atomic E-state index is 13.2. The quantitative estimate of drug-likeness (QED) is 0.667. The van der Waals surface area contributed by atoms with Gasteiger partial charge in [0.25, 0.3) is 0 Å². The number of benzene rings is 1. The number of rotatable bonds is 1. The van der Waals surface area contributed by atoms with Gasteiger partial charge in [0.15, 0.2) is 11.6 Å². The number of nitrogens with zero attached hydrogens (tertiary/aromatic N) is 1. The van der Waals surface area contributed by atoms with Crippen molar-refractivity contribution in [3.63, 3.8) is 0 Å². The van der Waals surface area contributed by atoms with Gasteiger partial charge < -0.3 is 10.8 Å². The number of aryl methyl sites for hydroxylation is 1. The number of nitrogens with two attached hydrogens (primary N) is 1. The fourth-order valence-corrected chi connectivity index (χ4v) is 1.50. The molecule has 1 aromatic heterocycles. The molecule has 2 rings (SSSR count).